The largest absolute Gasteiger partial charge is 0.348 e. The van der Waals surface area contributed by atoms with E-state index in [0.717, 1.165) is 25.9 Å². The minimum absolute atomic E-state index is 0.264. The summed E-state index contributed by atoms with van der Waals surface area (Å²) >= 11 is 0. The fourth-order valence-corrected chi connectivity index (χ4v) is 3.61. The number of nitrogens with zero attached hydrogens (tertiary/aromatic N) is 2. The van der Waals surface area contributed by atoms with Gasteiger partial charge in [-0.1, -0.05) is 0 Å². The molecule has 0 fully saturated rings. The molecule has 0 saturated carbocycles. The second-order valence-electron chi connectivity index (χ2n) is 7.28. The van der Waals surface area contributed by atoms with E-state index in [9.17, 15) is 0 Å². The molecule has 0 saturated heterocycles. The first-order valence-corrected chi connectivity index (χ1v) is 8.47. The molecule has 0 amide bonds. The molecule has 2 N–H and O–H groups in total. The highest BCUT2D eigenvalue weighted by molar-refractivity contribution is 5.87. The second-order valence-corrected chi connectivity index (χ2v) is 7.28. The van der Waals surface area contributed by atoms with E-state index < -0.39 is 0 Å². The Balaban J connectivity index is 2.04. The highest BCUT2D eigenvalue weighted by atomic mass is 15.2. The Kier molecular flexibility index (Phi) is 4.04. The van der Waals surface area contributed by atoms with Gasteiger partial charge in [0.1, 0.15) is 0 Å². The summed E-state index contributed by atoms with van der Waals surface area (Å²) in [6, 6.07) is 5.72. The fraction of sp³-hybridized carbons (Fsp3) is 0.579. The van der Waals surface area contributed by atoms with Crippen molar-refractivity contribution in [2.45, 2.75) is 65.7 Å². The molecular formula is C19H29N3. The van der Waals surface area contributed by atoms with Gasteiger partial charge in [-0.05, 0) is 69.4 Å². The first-order valence-electron chi connectivity index (χ1n) is 8.47. The molecule has 3 nitrogen and oxygen atoms in total. The lowest BCUT2D eigenvalue weighted by molar-refractivity contribution is 0.227. The molecule has 1 atom stereocenters. The molecule has 2 aromatic rings. The smallest absolute Gasteiger partial charge is 0.0486 e. The number of nitrogens with two attached hydrogens (primary N) is 1. The molecule has 0 aliphatic carbocycles. The van der Waals surface area contributed by atoms with Crippen LogP contribution >= 0.6 is 0 Å². The molecule has 1 aromatic heterocycles. The van der Waals surface area contributed by atoms with Crippen LogP contribution in [0.4, 0.5) is 0 Å². The van der Waals surface area contributed by atoms with Crippen LogP contribution in [0, 0.1) is 6.92 Å². The van der Waals surface area contributed by atoms with Crippen molar-refractivity contribution in [1.82, 2.24) is 9.47 Å². The summed E-state index contributed by atoms with van der Waals surface area (Å²) in [5.41, 5.74) is 13.2. The van der Waals surface area contributed by atoms with Crippen molar-refractivity contribution >= 4 is 10.9 Å². The lowest BCUT2D eigenvalue weighted by Gasteiger charge is -2.18. The predicted octanol–water partition coefficient (Wildman–Crippen LogP) is 3.49. The summed E-state index contributed by atoms with van der Waals surface area (Å²) in [6.45, 7) is 11.1. The van der Waals surface area contributed by atoms with Crippen LogP contribution in [0.15, 0.2) is 12.1 Å². The molecular weight excluding hydrogens is 270 g/mol. The van der Waals surface area contributed by atoms with Gasteiger partial charge in [-0.25, -0.2) is 0 Å². The van der Waals surface area contributed by atoms with Crippen molar-refractivity contribution in [3.63, 3.8) is 0 Å². The Labute approximate surface area is 134 Å². The predicted molar refractivity (Wildman–Crippen MR) is 94.0 cm³/mol. The van der Waals surface area contributed by atoms with E-state index >= 15 is 0 Å². The molecule has 1 aromatic carbocycles. The van der Waals surface area contributed by atoms with Crippen LogP contribution in [0.3, 0.4) is 0 Å². The minimum atomic E-state index is 0.264. The average Bonchev–Trinajstić information content (AvgIpc) is 2.96. The average molecular weight is 299 g/mol. The number of rotatable bonds is 4. The number of benzene rings is 1. The van der Waals surface area contributed by atoms with E-state index in [1.54, 1.807) is 0 Å². The SMILES string of the molecule is Cc1c(CCC(C)N)c2cc3c(cc2n1C)CN(C(C)C)C3. The Bertz CT molecular complexity index is 695. The highest BCUT2D eigenvalue weighted by Crippen LogP contribution is 2.33. The Morgan fingerprint density at radius 2 is 1.77 bits per heavy atom. The Morgan fingerprint density at radius 1 is 1.14 bits per heavy atom. The molecule has 1 unspecified atom stereocenters. The van der Waals surface area contributed by atoms with E-state index in [1.807, 2.05) is 0 Å². The van der Waals surface area contributed by atoms with Gasteiger partial charge in [0.2, 0.25) is 0 Å². The zero-order valence-electron chi connectivity index (χ0n) is 14.6. The first-order chi connectivity index (χ1) is 10.4. The summed E-state index contributed by atoms with van der Waals surface area (Å²) in [5.74, 6) is 0. The van der Waals surface area contributed by atoms with Gasteiger partial charge < -0.3 is 10.3 Å². The van der Waals surface area contributed by atoms with Gasteiger partial charge in [0, 0.05) is 48.8 Å². The fourth-order valence-electron chi connectivity index (χ4n) is 3.61. The third-order valence-electron chi connectivity index (χ3n) is 5.27. The van der Waals surface area contributed by atoms with Gasteiger partial charge in [-0.3, -0.25) is 4.90 Å². The van der Waals surface area contributed by atoms with Crippen molar-refractivity contribution in [2.24, 2.45) is 12.8 Å². The van der Waals surface area contributed by atoms with Crippen LogP contribution in [-0.4, -0.2) is 21.6 Å². The molecule has 120 valence electrons. The summed E-state index contributed by atoms with van der Waals surface area (Å²) in [5, 5.41) is 1.44. The topological polar surface area (TPSA) is 34.2 Å². The zero-order chi connectivity index (χ0) is 16.0. The van der Waals surface area contributed by atoms with Gasteiger partial charge in [0.25, 0.3) is 0 Å². The third-order valence-corrected chi connectivity index (χ3v) is 5.27. The number of aryl methyl sites for hydroxylation is 2. The van der Waals surface area contributed by atoms with Crippen LogP contribution in [0.5, 0.6) is 0 Å². The number of hydrogen-bond donors (Lipinski definition) is 1. The van der Waals surface area contributed by atoms with Gasteiger partial charge in [-0.2, -0.15) is 0 Å². The molecule has 1 aliphatic heterocycles. The third kappa shape index (κ3) is 2.57. The summed E-state index contributed by atoms with van der Waals surface area (Å²) in [7, 11) is 2.19. The van der Waals surface area contributed by atoms with E-state index in [0.29, 0.717) is 6.04 Å². The maximum Gasteiger partial charge on any atom is 0.0486 e. The molecule has 3 heteroatoms. The minimum Gasteiger partial charge on any atom is -0.348 e. The van der Waals surface area contributed by atoms with Crippen LogP contribution in [0.25, 0.3) is 10.9 Å². The molecule has 2 heterocycles. The standard InChI is InChI=1S/C19H29N3/c1-12(2)22-10-15-8-18-17(7-6-13(3)20)14(4)21(5)19(18)9-16(15)11-22/h8-9,12-13H,6-7,10-11,20H2,1-5H3. The van der Waals surface area contributed by atoms with Gasteiger partial charge >= 0.3 is 0 Å². The molecule has 1 aliphatic rings. The highest BCUT2D eigenvalue weighted by Gasteiger charge is 2.23. The van der Waals surface area contributed by atoms with Crippen molar-refractivity contribution in [1.29, 1.82) is 0 Å². The Morgan fingerprint density at radius 3 is 2.36 bits per heavy atom. The quantitative estimate of drug-likeness (QED) is 0.937. The van der Waals surface area contributed by atoms with Crippen LogP contribution in [0.1, 0.15) is 49.6 Å². The monoisotopic (exact) mass is 299 g/mol. The number of aromatic nitrogens is 1. The molecule has 3 rings (SSSR count). The second kappa shape index (κ2) is 5.71. The summed E-state index contributed by atoms with van der Waals surface area (Å²) in [4.78, 5) is 2.54. The first kappa shape index (κ1) is 15.6. The van der Waals surface area contributed by atoms with Gasteiger partial charge in [0.05, 0.1) is 0 Å². The maximum atomic E-state index is 5.97. The normalized spacial score (nSPS) is 16.7. The number of fused-ring (bicyclic) bond motifs is 2. The van der Waals surface area contributed by atoms with Crippen molar-refractivity contribution < 1.29 is 0 Å². The molecule has 0 bridgehead atoms. The molecule has 22 heavy (non-hydrogen) atoms. The van der Waals surface area contributed by atoms with Crippen LogP contribution < -0.4 is 5.73 Å². The van der Waals surface area contributed by atoms with Crippen LogP contribution in [0.2, 0.25) is 0 Å². The van der Waals surface area contributed by atoms with E-state index in [4.69, 9.17) is 5.73 Å². The van der Waals surface area contributed by atoms with E-state index in [2.05, 4.69) is 56.3 Å². The lowest BCUT2D eigenvalue weighted by Crippen LogP contribution is -2.24. The van der Waals surface area contributed by atoms with E-state index in [1.165, 1.54) is 33.3 Å². The number of hydrogen-bond acceptors (Lipinski definition) is 2. The Hall–Kier alpha value is -1.32. The summed E-state index contributed by atoms with van der Waals surface area (Å²) in [6.07, 6.45) is 2.13. The lowest BCUT2D eigenvalue weighted by atomic mass is 10.0. The zero-order valence-corrected chi connectivity index (χ0v) is 14.6. The van der Waals surface area contributed by atoms with Crippen molar-refractivity contribution in [3.8, 4) is 0 Å². The summed E-state index contributed by atoms with van der Waals surface area (Å²) < 4.78 is 2.35. The van der Waals surface area contributed by atoms with Crippen molar-refractivity contribution in [2.75, 3.05) is 0 Å². The van der Waals surface area contributed by atoms with Crippen molar-refractivity contribution in [3.05, 3.63) is 34.5 Å². The van der Waals surface area contributed by atoms with Crippen LogP contribution in [-0.2, 0) is 26.6 Å². The molecule has 0 spiro atoms. The molecule has 0 radical (unpaired) electrons. The maximum absolute atomic E-state index is 5.97. The van der Waals surface area contributed by atoms with Gasteiger partial charge in [0.15, 0.2) is 0 Å². The van der Waals surface area contributed by atoms with E-state index in [-0.39, 0.29) is 6.04 Å². The van der Waals surface area contributed by atoms with Gasteiger partial charge in [-0.15, -0.1) is 0 Å².